The Morgan fingerprint density at radius 1 is 1.26 bits per heavy atom. The van der Waals surface area contributed by atoms with Crippen LogP contribution in [0.1, 0.15) is 35.2 Å². The zero-order chi connectivity index (χ0) is 24.9. The van der Waals surface area contributed by atoms with E-state index < -0.39 is 0 Å². The lowest BCUT2D eigenvalue weighted by Crippen LogP contribution is -2.47. The minimum atomic E-state index is 0.125. The first-order valence-corrected chi connectivity index (χ1v) is 13.8. The molecule has 2 N–H and O–H groups in total. The van der Waals surface area contributed by atoms with Crippen molar-refractivity contribution in [1.82, 2.24) is 19.1 Å². The normalized spacial score (nSPS) is 18.0. The lowest BCUT2D eigenvalue weighted by molar-refractivity contribution is -0.134. The maximum atomic E-state index is 12.8. The number of amidine groups is 1. The van der Waals surface area contributed by atoms with Crippen LogP contribution in [0.5, 0.6) is 0 Å². The molecular formula is C26H31BrClN5OS. The number of likely N-dealkylation sites (tertiary alicyclic amines) is 1. The summed E-state index contributed by atoms with van der Waals surface area (Å²) in [5.41, 5.74) is 4.13. The number of aryl methyl sites for hydroxylation is 1. The van der Waals surface area contributed by atoms with Crippen molar-refractivity contribution in [3.8, 4) is 0 Å². The molecule has 2 fully saturated rings. The molecule has 2 aliphatic rings. The van der Waals surface area contributed by atoms with Crippen molar-refractivity contribution in [3.05, 3.63) is 70.4 Å². The van der Waals surface area contributed by atoms with E-state index in [0.29, 0.717) is 35.3 Å². The summed E-state index contributed by atoms with van der Waals surface area (Å²) in [6.07, 6.45) is 5.81. The van der Waals surface area contributed by atoms with E-state index >= 15 is 0 Å². The third kappa shape index (κ3) is 7.03. The number of alkyl halides is 1. The van der Waals surface area contributed by atoms with Crippen molar-refractivity contribution in [2.75, 3.05) is 32.7 Å². The topological polar surface area (TPSA) is 66.4 Å². The van der Waals surface area contributed by atoms with E-state index in [0.717, 1.165) is 59.9 Å². The zero-order valence-corrected chi connectivity index (χ0v) is 23.1. The van der Waals surface area contributed by atoms with Crippen LogP contribution in [-0.2, 0) is 11.3 Å². The fourth-order valence-electron chi connectivity index (χ4n) is 4.25. The molecule has 6 nitrogen and oxygen atoms in total. The van der Waals surface area contributed by atoms with Crippen LogP contribution < -0.4 is 0 Å². The van der Waals surface area contributed by atoms with Gasteiger partial charge in [-0.2, -0.15) is 0 Å². The second-order valence-corrected chi connectivity index (χ2v) is 11.9. The third-order valence-electron chi connectivity index (χ3n) is 6.31. The van der Waals surface area contributed by atoms with E-state index in [9.17, 15) is 4.79 Å². The fourth-order valence-corrected chi connectivity index (χ4v) is 5.74. The van der Waals surface area contributed by atoms with Crippen molar-refractivity contribution < 1.29 is 4.79 Å². The Morgan fingerprint density at radius 3 is 2.63 bits per heavy atom. The van der Waals surface area contributed by atoms with Crippen molar-refractivity contribution >= 4 is 57.3 Å². The number of carbonyl (C=O) groups excluding carboxylic acids is 1. The van der Waals surface area contributed by atoms with Gasteiger partial charge in [0.2, 0.25) is 5.91 Å². The Hall–Kier alpha value is -2.00. The standard InChI is InChI=1S/C26H31BrClN5OS/c1-18-15-24(30-23(18)8-3-19(2)28)35-33-14-13-32(25(34)17-33)16-20-4-6-21(7-5-20)26(29)31-11-9-22(27)10-12-31/h3-8,15,22,29-30H,2,9-14,16-17H2,1H3/b8-3-,29-26?. The van der Waals surface area contributed by atoms with Crippen molar-refractivity contribution in [2.24, 2.45) is 0 Å². The molecule has 2 aliphatic heterocycles. The third-order valence-corrected chi connectivity index (χ3v) is 8.34. The van der Waals surface area contributed by atoms with E-state index in [1.54, 1.807) is 18.0 Å². The van der Waals surface area contributed by atoms with E-state index in [2.05, 4.69) is 42.8 Å². The molecule has 0 aliphatic carbocycles. The highest BCUT2D eigenvalue weighted by atomic mass is 79.9. The molecule has 0 saturated carbocycles. The monoisotopic (exact) mass is 575 g/mol. The highest BCUT2D eigenvalue weighted by molar-refractivity contribution is 9.09. The Kier molecular flexibility index (Phi) is 8.81. The minimum Gasteiger partial charge on any atom is -0.357 e. The molecule has 186 valence electrons. The summed E-state index contributed by atoms with van der Waals surface area (Å²) in [6.45, 7) is 9.99. The first-order valence-electron chi connectivity index (χ1n) is 11.8. The largest absolute Gasteiger partial charge is 0.357 e. The van der Waals surface area contributed by atoms with Gasteiger partial charge in [0.15, 0.2) is 0 Å². The van der Waals surface area contributed by atoms with Crippen molar-refractivity contribution in [2.45, 2.75) is 36.2 Å². The van der Waals surface area contributed by atoms with Gasteiger partial charge in [-0.3, -0.25) is 10.2 Å². The fraction of sp³-hybridized carbons (Fsp3) is 0.385. The first-order chi connectivity index (χ1) is 16.8. The zero-order valence-electron chi connectivity index (χ0n) is 19.9. The van der Waals surface area contributed by atoms with Gasteiger partial charge in [-0.15, -0.1) is 0 Å². The molecule has 0 radical (unpaired) electrons. The molecule has 0 spiro atoms. The maximum Gasteiger partial charge on any atom is 0.238 e. The molecule has 1 aromatic carbocycles. The number of aromatic nitrogens is 1. The number of nitrogens with one attached hydrogen (secondary N) is 2. The molecule has 0 unspecified atom stereocenters. The number of piperidine rings is 1. The van der Waals surface area contributed by atoms with Crippen molar-refractivity contribution in [3.63, 3.8) is 0 Å². The molecule has 35 heavy (non-hydrogen) atoms. The number of allylic oxidation sites excluding steroid dienone is 2. The Bertz CT molecular complexity index is 1110. The molecule has 1 amide bonds. The Morgan fingerprint density at radius 2 is 1.97 bits per heavy atom. The number of H-pyrrole nitrogens is 1. The lowest BCUT2D eigenvalue weighted by atomic mass is 10.1. The molecule has 0 atom stereocenters. The SMILES string of the molecule is C=C(Cl)/C=C\c1[nH]c(SN2CCN(Cc3ccc(C(=N)N4CCC(Br)CC4)cc3)C(=O)C2)cc1C. The van der Waals surface area contributed by atoms with E-state index in [4.69, 9.17) is 17.0 Å². The highest BCUT2D eigenvalue weighted by Gasteiger charge is 2.25. The van der Waals surface area contributed by atoms with Crippen molar-refractivity contribution in [1.29, 1.82) is 5.41 Å². The molecule has 9 heteroatoms. The second-order valence-electron chi connectivity index (χ2n) is 8.99. The Balaban J connectivity index is 1.28. The lowest BCUT2D eigenvalue weighted by Gasteiger charge is -2.33. The predicted molar refractivity (Wildman–Crippen MR) is 149 cm³/mol. The average Bonchev–Trinajstić information content (AvgIpc) is 3.18. The van der Waals surface area contributed by atoms with Gasteiger partial charge in [0, 0.05) is 53.8 Å². The first kappa shape index (κ1) is 26.1. The molecule has 1 aromatic heterocycles. The number of nitrogens with zero attached hydrogens (tertiary/aromatic N) is 3. The Labute approximate surface area is 225 Å². The molecule has 4 rings (SSSR count). The summed E-state index contributed by atoms with van der Waals surface area (Å²) in [5, 5.41) is 10.0. The van der Waals surface area contributed by atoms with Gasteiger partial charge in [0.25, 0.3) is 0 Å². The summed E-state index contributed by atoms with van der Waals surface area (Å²) < 4.78 is 2.10. The highest BCUT2D eigenvalue weighted by Crippen LogP contribution is 2.27. The maximum absolute atomic E-state index is 12.8. The number of rotatable bonds is 7. The number of amides is 1. The van der Waals surface area contributed by atoms with Crippen LogP contribution >= 0.6 is 39.5 Å². The van der Waals surface area contributed by atoms with E-state index in [-0.39, 0.29) is 5.91 Å². The molecule has 0 bridgehead atoms. The predicted octanol–water partition coefficient (Wildman–Crippen LogP) is 5.62. The van der Waals surface area contributed by atoms with Crippen LogP contribution in [0, 0.1) is 12.3 Å². The van der Waals surface area contributed by atoms with Crippen LogP contribution in [0.4, 0.5) is 0 Å². The molecule has 3 heterocycles. The van der Waals surface area contributed by atoms with Gasteiger partial charge in [0.1, 0.15) is 5.84 Å². The molecule has 2 saturated heterocycles. The second kappa shape index (κ2) is 11.8. The summed E-state index contributed by atoms with van der Waals surface area (Å²) in [5.74, 6) is 0.712. The van der Waals surface area contributed by atoms with Gasteiger partial charge in [-0.25, -0.2) is 4.31 Å². The van der Waals surface area contributed by atoms with E-state index in [1.807, 2.05) is 42.2 Å². The number of carbonyl (C=O) groups is 1. The summed E-state index contributed by atoms with van der Waals surface area (Å²) in [4.78, 5) is 20.8. The minimum absolute atomic E-state index is 0.125. The van der Waals surface area contributed by atoms with Crippen LogP contribution in [0.3, 0.4) is 0 Å². The number of hydrogen-bond donors (Lipinski definition) is 2. The number of benzene rings is 1. The summed E-state index contributed by atoms with van der Waals surface area (Å²) in [6, 6.07) is 10.2. The summed E-state index contributed by atoms with van der Waals surface area (Å²) >= 11 is 11.1. The molecule has 2 aromatic rings. The van der Waals surface area contributed by atoms with Crippen LogP contribution in [0.15, 0.2) is 53.0 Å². The van der Waals surface area contributed by atoms with Gasteiger partial charge in [-0.05, 0) is 61.1 Å². The van der Waals surface area contributed by atoms with Gasteiger partial charge < -0.3 is 14.8 Å². The quantitative estimate of drug-likeness (QED) is 0.148. The molecular weight excluding hydrogens is 546 g/mol. The van der Waals surface area contributed by atoms with Gasteiger partial charge in [-0.1, -0.05) is 58.4 Å². The number of hydrogen-bond acceptors (Lipinski definition) is 4. The van der Waals surface area contributed by atoms with Crippen LogP contribution in [-0.4, -0.2) is 68.4 Å². The number of piperazine rings is 1. The average molecular weight is 577 g/mol. The van der Waals surface area contributed by atoms with E-state index in [1.165, 1.54) is 0 Å². The van der Waals surface area contributed by atoms with Gasteiger partial charge >= 0.3 is 0 Å². The van der Waals surface area contributed by atoms with Crippen LogP contribution in [0.25, 0.3) is 6.08 Å². The number of aromatic amines is 1. The summed E-state index contributed by atoms with van der Waals surface area (Å²) in [7, 11) is 0. The smallest absolute Gasteiger partial charge is 0.238 e. The number of halogens is 2. The van der Waals surface area contributed by atoms with Crippen LogP contribution in [0.2, 0.25) is 0 Å². The van der Waals surface area contributed by atoms with Gasteiger partial charge in [0.05, 0.1) is 11.6 Å².